The van der Waals surface area contributed by atoms with Gasteiger partial charge in [-0.15, -0.1) is 0 Å². The fraction of sp³-hybridized carbons (Fsp3) is 0.250. The predicted molar refractivity (Wildman–Crippen MR) is 56.8 cm³/mol. The van der Waals surface area contributed by atoms with Crippen molar-refractivity contribution in [1.29, 1.82) is 0 Å². The number of Topliss-reactive ketones (excluding diaryl/α,β-unsaturated/α-hetero) is 2. The van der Waals surface area contributed by atoms with Gasteiger partial charge in [0.05, 0.1) is 13.5 Å². The molecular formula is C12H12O4. The number of hydrogen-bond donors (Lipinski definition) is 0. The lowest BCUT2D eigenvalue weighted by Crippen LogP contribution is -2.20. The summed E-state index contributed by atoms with van der Waals surface area (Å²) in [6.45, 7) is 0. The van der Waals surface area contributed by atoms with Crippen LogP contribution in [-0.4, -0.2) is 24.6 Å². The maximum atomic E-state index is 11.4. The van der Waals surface area contributed by atoms with Crippen molar-refractivity contribution in [1.82, 2.24) is 0 Å². The van der Waals surface area contributed by atoms with Crippen LogP contribution in [0.4, 0.5) is 0 Å². The second-order valence-electron chi connectivity index (χ2n) is 3.29. The Morgan fingerprint density at radius 3 is 2.31 bits per heavy atom. The molecule has 0 amide bonds. The Kier molecular flexibility index (Phi) is 4.39. The molecule has 16 heavy (non-hydrogen) atoms. The molecule has 0 spiro atoms. The topological polar surface area (TPSA) is 60.4 Å². The Labute approximate surface area is 93.2 Å². The van der Waals surface area contributed by atoms with Crippen LogP contribution >= 0.6 is 0 Å². The van der Waals surface area contributed by atoms with E-state index in [0.717, 1.165) is 12.7 Å². The van der Waals surface area contributed by atoms with E-state index in [1.54, 1.807) is 12.1 Å². The largest absolute Gasteiger partial charge is 0.463 e. The van der Waals surface area contributed by atoms with E-state index in [1.165, 1.54) is 0 Å². The van der Waals surface area contributed by atoms with Crippen molar-refractivity contribution in [3.8, 4) is 0 Å². The van der Waals surface area contributed by atoms with Crippen molar-refractivity contribution in [2.45, 2.75) is 12.8 Å². The summed E-state index contributed by atoms with van der Waals surface area (Å²) in [5.74, 6) is -2.06. The number of hydrogen-bond acceptors (Lipinski definition) is 4. The molecule has 1 aromatic rings. The van der Waals surface area contributed by atoms with Crippen LogP contribution in [0, 0.1) is 0 Å². The Balaban J connectivity index is 2.49. The Morgan fingerprint density at radius 1 is 1.12 bits per heavy atom. The van der Waals surface area contributed by atoms with Gasteiger partial charge in [-0.3, -0.25) is 9.59 Å². The minimum absolute atomic E-state index is 0.156. The first kappa shape index (κ1) is 12.1. The average molecular weight is 220 g/mol. The Bertz CT molecular complexity index is 395. The quantitative estimate of drug-likeness (QED) is 0.421. The summed E-state index contributed by atoms with van der Waals surface area (Å²) < 4.78 is 4.22. The number of ether oxygens (including phenoxy) is 1. The zero-order valence-electron chi connectivity index (χ0n) is 8.93. The number of carbonyl (C=O) groups excluding carboxylic acids is 3. The van der Waals surface area contributed by atoms with Crippen LogP contribution in [-0.2, 0) is 25.5 Å². The molecule has 0 saturated carbocycles. The van der Waals surface area contributed by atoms with Gasteiger partial charge in [0, 0.05) is 6.42 Å². The second kappa shape index (κ2) is 5.80. The standard InChI is InChI=1S/C12H12O4/c1-16-12(15)11(14)8-10(13)7-9-5-3-2-4-6-9/h2-6H,7-8H2,1H3. The van der Waals surface area contributed by atoms with E-state index in [4.69, 9.17) is 0 Å². The summed E-state index contributed by atoms with van der Waals surface area (Å²) in [5.41, 5.74) is 0.824. The molecule has 0 aromatic heterocycles. The van der Waals surface area contributed by atoms with E-state index in [-0.39, 0.29) is 12.2 Å². The van der Waals surface area contributed by atoms with Gasteiger partial charge in [0.25, 0.3) is 0 Å². The smallest absolute Gasteiger partial charge is 0.374 e. The molecule has 1 rings (SSSR count). The molecule has 0 heterocycles. The van der Waals surface area contributed by atoms with Gasteiger partial charge in [-0.25, -0.2) is 4.79 Å². The maximum absolute atomic E-state index is 11.4. The summed E-state index contributed by atoms with van der Waals surface area (Å²) >= 11 is 0. The molecule has 0 aliphatic heterocycles. The molecule has 0 radical (unpaired) electrons. The molecule has 4 nitrogen and oxygen atoms in total. The van der Waals surface area contributed by atoms with Crippen LogP contribution in [0.5, 0.6) is 0 Å². The van der Waals surface area contributed by atoms with Crippen LogP contribution in [0.25, 0.3) is 0 Å². The van der Waals surface area contributed by atoms with Crippen molar-refractivity contribution in [3.05, 3.63) is 35.9 Å². The van der Waals surface area contributed by atoms with Gasteiger partial charge in [-0.05, 0) is 5.56 Å². The van der Waals surface area contributed by atoms with Gasteiger partial charge in [0.15, 0.2) is 0 Å². The van der Waals surface area contributed by atoms with Gasteiger partial charge in [0.1, 0.15) is 5.78 Å². The molecule has 4 heteroatoms. The first-order chi connectivity index (χ1) is 7.63. The third-order valence-electron chi connectivity index (χ3n) is 2.01. The lowest BCUT2D eigenvalue weighted by molar-refractivity contribution is -0.152. The van der Waals surface area contributed by atoms with Crippen LogP contribution in [0.3, 0.4) is 0 Å². The summed E-state index contributed by atoms with van der Waals surface area (Å²) in [6, 6.07) is 9.05. The molecule has 0 bridgehead atoms. The van der Waals surface area contributed by atoms with Crippen LogP contribution in [0.1, 0.15) is 12.0 Å². The summed E-state index contributed by atoms with van der Waals surface area (Å²) in [6.07, 6.45) is -0.245. The fourth-order valence-corrected chi connectivity index (χ4v) is 1.25. The van der Waals surface area contributed by atoms with Crippen molar-refractivity contribution < 1.29 is 19.1 Å². The summed E-state index contributed by atoms with van der Waals surface area (Å²) in [5, 5.41) is 0. The third-order valence-corrected chi connectivity index (χ3v) is 2.01. The minimum atomic E-state index is -0.971. The molecule has 0 aliphatic rings. The first-order valence-electron chi connectivity index (χ1n) is 4.80. The van der Waals surface area contributed by atoms with E-state index >= 15 is 0 Å². The zero-order valence-corrected chi connectivity index (χ0v) is 8.93. The minimum Gasteiger partial charge on any atom is -0.463 e. The van der Waals surface area contributed by atoms with Crippen molar-refractivity contribution in [3.63, 3.8) is 0 Å². The van der Waals surface area contributed by atoms with Crippen LogP contribution in [0.15, 0.2) is 30.3 Å². The van der Waals surface area contributed by atoms with E-state index in [0.29, 0.717) is 0 Å². The molecule has 0 unspecified atom stereocenters. The van der Waals surface area contributed by atoms with E-state index < -0.39 is 18.2 Å². The molecule has 84 valence electrons. The predicted octanol–water partition coefficient (Wildman–Crippen LogP) is 0.930. The number of benzene rings is 1. The second-order valence-corrected chi connectivity index (χ2v) is 3.29. The molecular weight excluding hydrogens is 208 g/mol. The maximum Gasteiger partial charge on any atom is 0.374 e. The van der Waals surface area contributed by atoms with Crippen molar-refractivity contribution in [2.24, 2.45) is 0 Å². The third kappa shape index (κ3) is 3.65. The lowest BCUT2D eigenvalue weighted by Gasteiger charge is -2.00. The molecule has 1 aromatic carbocycles. The fourth-order valence-electron chi connectivity index (χ4n) is 1.25. The molecule has 0 aliphatic carbocycles. The van der Waals surface area contributed by atoms with Gasteiger partial charge < -0.3 is 4.74 Å². The van der Waals surface area contributed by atoms with E-state index in [9.17, 15) is 14.4 Å². The lowest BCUT2D eigenvalue weighted by atomic mass is 10.1. The normalized spacial score (nSPS) is 9.56. The number of ketones is 2. The number of methoxy groups -OCH3 is 1. The van der Waals surface area contributed by atoms with Gasteiger partial charge in [0.2, 0.25) is 5.78 Å². The van der Waals surface area contributed by atoms with Crippen molar-refractivity contribution >= 4 is 17.5 Å². The summed E-state index contributed by atoms with van der Waals surface area (Å²) in [7, 11) is 1.11. The van der Waals surface area contributed by atoms with E-state index in [2.05, 4.69) is 4.74 Å². The highest BCUT2D eigenvalue weighted by Crippen LogP contribution is 2.02. The van der Waals surface area contributed by atoms with Gasteiger partial charge in [-0.1, -0.05) is 30.3 Å². The first-order valence-corrected chi connectivity index (χ1v) is 4.80. The summed E-state index contributed by atoms with van der Waals surface area (Å²) in [4.78, 5) is 33.3. The Hall–Kier alpha value is -1.97. The number of rotatable bonds is 5. The van der Waals surface area contributed by atoms with Crippen LogP contribution in [0.2, 0.25) is 0 Å². The van der Waals surface area contributed by atoms with Gasteiger partial charge in [-0.2, -0.15) is 0 Å². The highest BCUT2D eigenvalue weighted by atomic mass is 16.5. The molecule has 0 fully saturated rings. The highest BCUT2D eigenvalue weighted by Gasteiger charge is 2.18. The van der Waals surface area contributed by atoms with E-state index in [1.807, 2.05) is 18.2 Å². The molecule has 0 N–H and O–H groups in total. The average Bonchev–Trinajstić information content (AvgIpc) is 2.29. The number of esters is 1. The Morgan fingerprint density at radius 2 is 1.75 bits per heavy atom. The molecule has 0 atom stereocenters. The zero-order chi connectivity index (χ0) is 12.0. The monoisotopic (exact) mass is 220 g/mol. The SMILES string of the molecule is COC(=O)C(=O)CC(=O)Cc1ccccc1. The van der Waals surface area contributed by atoms with Gasteiger partial charge >= 0.3 is 5.97 Å². The number of carbonyl (C=O) groups is 3. The molecule has 0 saturated heterocycles. The van der Waals surface area contributed by atoms with Crippen LogP contribution < -0.4 is 0 Å². The highest BCUT2D eigenvalue weighted by molar-refractivity contribution is 6.37. The van der Waals surface area contributed by atoms with Crippen molar-refractivity contribution in [2.75, 3.05) is 7.11 Å².